The SMILES string of the molecule is N#Cc1ccc(N2CCN(C(=O)C3=CC(OCCOc4cccc5c4CN(c4cn[nH]c(=O)c4C(F)(F)F)C5)CC=C3)CC2)nc1. The van der Waals surface area contributed by atoms with Gasteiger partial charge in [-0.05, 0) is 36.3 Å². The molecule has 11 nitrogen and oxygen atoms in total. The van der Waals surface area contributed by atoms with Crippen molar-refractivity contribution in [2.24, 2.45) is 0 Å². The average Bonchev–Trinajstić information content (AvgIpc) is 3.51. The van der Waals surface area contributed by atoms with E-state index in [2.05, 4.69) is 21.1 Å². The Hall–Kier alpha value is -5.16. The van der Waals surface area contributed by atoms with Gasteiger partial charge in [0.2, 0.25) is 0 Å². The zero-order valence-corrected chi connectivity index (χ0v) is 24.7. The first-order valence-electron chi connectivity index (χ1n) is 14.7. The number of hydrogen-bond donors (Lipinski definition) is 1. The van der Waals surface area contributed by atoms with Crippen LogP contribution in [0.25, 0.3) is 0 Å². The van der Waals surface area contributed by atoms with Crippen LogP contribution in [-0.2, 0) is 28.8 Å². The molecule has 1 N–H and O–H groups in total. The number of alkyl halides is 3. The predicted molar refractivity (Wildman–Crippen MR) is 161 cm³/mol. The maximum atomic E-state index is 13.6. The zero-order valence-electron chi connectivity index (χ0n) is 24.7. The molecule has 1 fully saturated rings. The van der Waals surface area contributed by atoms with Crippen LogP contribution in [-0.4, -0.2) is 71.5 Å². The van der Waals surface area contributed by atoms with Crippen molar-refractivity contribution in [1.82, 2.24) is 20.1 Å². The Morgan fingerprint density at radius 1 is 1.07 bits per heavy atom. The van der Waals surface area contributed by atoms with Crippen LogP contribution in [0, 0.1) is 11.3 Å². The molecular weight excluding hydrogens is 603 g/mol. The summed E-state index contributed by atoms with van der Waals surface area (Å²) in [4.78, 5) is 34.9. The van der Waals surface area contributed by atoms with Crippen molar-refractivity contribution < 1.29 is 27.4 Å². The number of rotatable bonds is 8. The molecule has 2 aliphatic heterocycles. The smallest absolute Gasteiger partial charge is 0.423 e. The lowest BCUT2D eigenvalue weighted by molar-refractivity contribution is -0.138. The molecule has 46 heavy (non-hydrogen) atoms. The van der Waals surface area contributed by atoms with E-state index >= 15 is 0 Å². The van der Waals surface area contributed by atoms with Gasteiger partial charge < -0.3 is 24.2 Å². The topological polar surface area (TPSA) is 128 Å². The molecule has 1 aliphatic carbocycles. The fourth-order valence-corrected chi connectivity index (χ4v) is 5.82. The first-order chi connectivity index (χ1) is 22.2. The second-order valence-electron chi connectivity index (χ2n) is 11.0. The quantitative estimate of drug-likeness (QED) is 0.371. The van der Waals surface area contributed by atoms with Gasteiger partial charge in [0.1, 0.15) is 29.8 Å². The number of pyridine rings is 1. The van der Waals surface area contributed by atoms with E-state index in [-0.39, 0.29) is 44.0 Å². The lowest BCUT2D eigenvalue weighted by Gasteiger charge is -2.36. The predicted octanol–water partition coefficient (Wildman–Crippen LogP) is 3.57. The maximum absolute atomic E-state index is 13.6. The Morgan fingerprint density at radius 2 is 1.89 bits per heavy atom. The molecule has 0 spiro atoms. The van der Waals surface area contributed by atoms with Crippen molar-refractivity contribution in [1.29, 1.82) is 5.26 Å². The Kier molecular flexibility index (Phi) is 8.76. The number of H-pyrrole nitrogens is 1. The van der Waals surface area contributed by atoms with E-state index in [4.69, 9.17) is 14.7 Å². The van der Waals surface area contributed by atoms with Crippen molar-refractivity contribution in [2.75, 3.05) is 49.2 Å². The van der Waals surface area contributed by atoms with Crippen LogP contribution in [0.15, 0.2) is 71.3 Å². The number of aromatic nitrogens is 3. The molecule has 6 rings (SSSR count). The summed E-state index contributed by atoms with van der Waals surface area (Å²) < 4.78 is 52.9. The summed E-state index contributed by atoms with van der Waals surface area (Å²) in [5, 5.41) is 14.4. The molecule has 0 bridgehead atoms. The van der Waals surface area contributed by atoms with E-state index in [1.54, 1.807) is 29.3 Å². The number of anilines is 2. The highest BCUT2D eigenvalue weighted by molar-refractivity contribution is 5.96. The fourth-order valence-electron chi connectivity index (χ4n) is 5.82. The molecule has 2 aromatic heterocycles. The fraction of sp³-hybridized carbons (Fsp3) is 0.344. The molecule has 14 heteroatoms. The zero-order chi connectivity index (χ0) is 32.3. The highest BCUT2D eigenvalue weighted by Crippen LogP contribution is 2.39. The van der Waals surface area contributed by atoms with Gasteiger partial charge in [0, 0.05) is 56.6 Å². The van der Waals surface area contributed by atoms with E-state index in [1.807, 2.05) is 35.5 Å². The highest BCUT2D eigenvalue weighted by Gasteiger charge is 2.40. The van der Waals surface area contributed by atoms with Crippen LogP contribution >= 0.6 is 0 Å². The number of nitriles is 1. The lowest BCUT2D eigenvalue weighted by Crippen LogP contribution is -2.49. The van der Waals surface area contributed by atoms with Crippen molar-refractivity contribution in [3.8, 4) is 11.8 Å². The summed E-state index contributed by atoms with van der Waals surface area (Å²) in [6.45, 7) is 3.07. The average molecular weight is 634 g/mol. The molecule has 1 atom stereocenters. The molecule has 1 amide bonds. The number of halogens is 3. The van der Waals surface area contributed by atoms with Gasteiger partial charge in [0.15, 0.2) is 0 Å². The monoisotopic (exact) mass is 633 g/mol. The lowest BCUT2D eigenvalue weighted by atomic mass is 10.0. The van der Waals surface area contributed by atoms with Gasteiger partial charge in [-0.15, -0.1) is 0 Å². The molecule has 238 valence electrons. The third-order valence-corrected chi connectivity index (χ3v) is 8.12. The first-order valence-corrected chi connectivity index (χ1v) is 14.7. The van der Waals surface area contributed by atoms with E-state index in [0.717, 1.165) is 23.1 Å². The van der Waals surface area contributed by atoms with Gasteiger partial charge >= 0.3 is 6.18 Å². The normalized spacial score (nSPS) is 17.8. The van der Waals surface area contributed by atoms with Gasteiger partial charge in [0.25, 0.3) is 11.5 Å². The number of amides is 1. The number of carbonyl (C=O) groups excluding carboxylic acids is 1. The van der Waals surface area contributed by atoms with E-state index in [1.165, 1.54) is 4.90 Å². The van der Waals surface area contributed by atoms with Gasteiger partial charge in [-0.1, -0.05) is 24.3 Å². The summed E-state index contributed by atoms with van der Waals surface area (Å²) in [6.07, 6.45) is 3.58. The van der Waals surface area contributed by atoms with Crippen LogP contribution in [0.3, 0.4) is 0 Å². The van der Waals surface area contributed by atoms with Gasteiger partial charge in [-0.2, -0.15) is 23.5 Å². The van der Waals surface area contributed by atoms with Crippen LogP contribution in [0.1, 0.15) is 28.7 Å². The number of ether oxygens (including phenoxy) is 2. The Labute approximate surface area is 262 Å². The largest absolute Gasteiger partial charge is 0.491 e. The molecule has 3 aliphatic rings. The minimum absolute atomic E-state index is 0.0677. The molecule has 1 aromatic carbocycles. The summed E-state index contributed by atoms with van der Waals surface area (Å²) in [5.41, 5.74) is -0.250. The number of fused-ring (bicyclic) bond motifs is 1. The standard InChI is InChI=1S/C32H30F3N7O4/c33-32(34,35)29-26(18-38-39-30(29)43)42-19-23-4-2-6-27(25(23)20-42)46-14-13-45-24-5-1-3-22(15-24)31(44)41-11-9-40(10-12-41)28-8-7-21(16-36)17-37-28/h1-4,6-8,15,17-18,24H,5,9-14,19-20H2,(H,39,43). The third-order valence-electron chi connectivity index (χ3n) is 8.12. The Morgan fingerprint density at radius 3 is 2.63 bits per heavy atom. The number of nitrogens with zero attached hydrogens (tertiary/aromatic N) is 6. The maximum Gasteiger partial charge on any atom is 0.423 e. The van der Waals surface area contributed by atoms with Crippen molar-refractivity contribution >= 4 is 17.4 Å². The van der Waals surface area contributed by atoms with Gasteiger partial charge in [-0.25, -0.2) is 10.1 Å². The van der Waals surface area contributed by atoms with Crippen LogP contribution in [0.2, 0.25) is 0 Å². The molecular formula is C32H30F3N7O4. The number of piperazine rings is 1. The highest BCUT2D eigenvalue weighted by atomic mass is 19.4. The number of hydrogen-bond acceptors (Lipinski definition) is 9. The summed E-state index contributed by atoms with van der Waals surface area (Å²) in [7, 11) is 0. The van der Waals surface area contributed by atoms with Gasteiger partial charge in [-0.3, -0.25) is 9.59 Å². The van der Waals surface area contributed by atoms with E-state index in [9.17, 15) is 22.8 Å². The van der Waals surface area contributed by atoms with Crippen LogP contribution in [0.4, 0.5) is 24.7 Å². The summed E-state index contributed by atoms with van der Waals surface area (Å²) in [5.74, 6) is 1.24. The Bertz CT molecular complexity index is 1760. The summed E-state index contributed by atoms with van der Waals surface area (Å²) >= 11 is 0. The molecule has 1 unspecified atom stereocenters. The van der Waals surface area contributed by atoms with E-state index < -0.39 is 17.3 Å². The summed E-state index contributed by atoms with van der Waals surface area (Å²) in [6, 6.07) is 10.9. The minimum atomic E-state index is -4.83. The van der Waals surface area contributed by atoms with Gasteiger partial charge in [0.05, 0.1) is 30.2 Å². The first kappa shape index (κ1) is 30.8. The molecule has 0 saturated carbocycles. The second-order valence-corrected chi connectivity index (χ2v) is 11.0. The molecule has 3 aromatic rings. The minimum Gasteiger partial charge on any atom is -0.491 e. The van der Waals surface area contributed by atoms with E-state index in [0.29, 0.717) is 49.5 Å². The van der Waals surface area contributed by atoms with Crippen molar-refractivity contribution in [2.45, 2.75) is 31.8 Å². The number of aromatic amines is 1. The van der Waals surface area contributed by atoms with Crippen molar-refractivity contribution in [3.05, 3.63) is 99.1 Å². The molecule has 0 radical (unpaired) electrons. The second kappa shape index (κ2) is 13.1. The van der Waals surface area contributed by atoms with Crippen LogP contribution < -0.4 is 20.1 Å². The number of nitrogens with one attached hydrogen (secondary N) is 1. The third kappa shape index (κ3) is 6.59. The molecule has 1 saturated heterocycles. The number of benzene rings is 1. The number of carbonyl (C=O) groups is 1. The molecule has 4 heterocycles. The van der Waals surface area contributed by atoms with Crippen molar-refractivity contribution in [3.63, 3.8) is 0 Å². The Balaban J connectivity index is 1.00. The van der Waals surface area contributed by atoms with Crippen LogP contribution in [0.5, 0.6) is 5.75 Å².